The van der Waals surface area contributed by atoms with Crippen LogP contribution in [0.25, 0.3) is 0 Å². The second-order valence-corrected chi connectivity index (χ2v) is 4.02. The highest BCUT2D eigenvalue weighted by Gasteiger charge is 2.16. The van der Waals surface area contributed by atoms with E-state index in [9.17, 15) is 0 Å². The molecule has 1 aromatic heterocycles. The fourth-order valence-electron chi connectivity index (χ4n) is 1.87. The zero-order valence-corrected chi connectivity index (χ0v) is 10.0. The van der Waals surface area contributed by atoms with Crippen molar-refractivity contribution in [2.75, 3.05) is 20.8 Å². The van der Waals surface area contributed by atoms with Gasteiger partial charge >= 0.3 is 0 Å². The average molecular weight is 211 g/mol. The summed E-state index contributed by atoms with van der Waals surface area (Å²) >= 11 is 0. The SMILES string of the molecule is CNC(CC(C)COC)c1ccnn1C. The van der Waals surface area contributed by atoms with Crippen molar-refractivity contribution in [3.63, 3.8) is 0 Å². The van der Waals surface area contributed by atoms with Crippen molar-refractivity contribution in [2.45, 2.75) is 19.4 Å². The third kappa shape index (κ3) is 3.32. The number of hydrogen-bond acceptors (Lipinski definition) is 3. The van der Waals surface area contributed by atoms with Gasteiger partial charge in [0.15, 0.2) is 0 Å². The molecule has 0 aliphatic heterocycles. The topological polar surface area (TPSA) is 39.1 Å². The fourth-order valence-corrected chi connectivity index (χ4v) is 1.87. The average Bonchev–Trinajstić information content (AvgIpc) is 2.61. The van der Waals surface area contributed by atoms with Crippen LogP contribution in [0.3, 0.4) is 0 Å². The van der Waals surface area contributed by atoms with Crippen LogP contribution in [0, 0.1) is 5.92 Å². The van der Waals surface area contributed by atoms with Gasteiger partial charge in [-0.3, -0.25) is 4.68 Å². The van der Waals surface area contributed by atoms with E-state index in [4.69, 9.17) is 4.74 Å². The number of ether oxygens (including phenoxy) is 1. The van der Waals surface area contributed by atoms with Gasteiger partial charge < -0.3 is 10.1 Å². The van der Waals surface area contributed by atoms with Gasteiger partial charge in [-0.05, 0) is 25.5 Å². The lowest BCUT2D eigenvalue weighted by atomic mass is 10.0. The number of nitrogens with zero attached hydrogens (tertiary/aromatic N) is 2. The number of hydrogen-bond donors (Lipinski definition) is 1. The highest BCUT2D eigenvalue weighted by Crippen LogP contribution is 2.20. The summed E-state index contributed by atoms with van der Waals surface area (Å²) in [5.41, 5.74) is 1.22. The van der Waals surface area contributed by atoms with Gasteiger partial charge in [0.1, 0.15) is 0 Å². The molecule has 1 rings (SSSR count). The predicted molar refractivity (Wildman–Crippen MR) is 60.7 cm³/mol. The maximum Gasteiger partial charge on any atom is 0.0550 e. The third-order valence-electron chi connectivity index (χ3n) is 2.65. The first-order chi connectivity index (χ1) is 7.19. The van der Waals surface area contributed by atoms with Crippen LogP contribution in [0.1, 0.15) is 25.1 Å². The quantitative estimate of drug-likeness (QED) is 0.772. The monoisotopic (exact) mass is 211 g/mol. The van der Waals surface area contributed by atoms with E-state index in [0.29, 0.717) is 12.0 Å². The van der Waals surface area contributed by atoms with Gasteiger partial charge in [0.05, 0.1) is 5.69 Å². The summed E-state index contributed by atoms with van der Waals surface area (Å²) < 4.78 is 7.06. The molecule has 0 bridgehead atoms. The van der Waals surface area contributed by atoms with Crippen molar-refractivity contribution in [3.05, 3.63) is 18.0 Å². The van der Waals surface area contributed by atoms with E-state index >= 15 is 0 Å². The second-order valence-electron chi connectivity index (χ2n) is 4.02. The molecule has 0 aliphatic rings. The highest BCUT2D eigenvalue weighted by atomic mass is 16.5. The number of nitrogens with one attached hydrogen (secondary N) is 1. The standard InChI is InChI=1S/C11H21N3O/c1-9(8-15-4)7-10(12-2)11-5-6-13-14(11)3/h5-6,9-10,12H,7-8H2,1-4H3. The lowest BCUT2D eigenvalue weighted by Crippen LogP contribution is -2.23. The second kappa shape index (κ2) is 5.88. The summed E-state index contributed by atoms with van der Waals surface area (Å²) in [6, 6.07) is 2.41. The van der Waals surface area contributed by atoms with Crippen molar-refractivity contribution in [2.24, 2.45) is 13.0 Å². The van der Waals surface area contributed by atoms with Crippen LogP contribution in [0.5, 0.6) is 0 Å². The van der Waals surface area contributed by atoms with Gasteiger partial charge in [-0.1, -0.05) is 6.92 Å². The molecule has 0 saturated heterocycles. The van der Waals surface area contributed by atoms with Gasteiger partial charge in [0.2, 0.25) is 0 Å². The molecule has 4 heteroatoms. The Morgan fingerprint density at radius 3 is 2.80 bits per heavy atom. The zero-order valence-electron chi connectivity index (χ0n) is 10.0. The Hall–Kier alpha value is -0.870. The van der Waals surface area contributed by atoms with E-state index in [2.05, 4.69) is 23.4 Å². The Morgan fingerprint density at radius 1 is 1.60 bits per heavy atom. The van der Waals surface area contributed by atoms with E-state index in [0.717, 1.165) is 13.0 Å². The molecule has 0 radical (unpaired) electrons. The van der Waals surface area contributed by atoms with Crippen molar-refractivity contribution in [1.82, 2.24) is 15.1 Å². The minimum atomic E-state index is 0.350. The summed E-state index contributed by atoms with van der Waals surface area (Å²) in [6.45, 7) is 3.00. The highest BCUT2D eigenvalue weighted by molar-refractivity contribution is 5.06. The summed E-state index contributed by atoms with van der Waals surface area (Å²) in [6.07, 6.45) is 2.89. The molecular weight excluding hydrogens is 190 g/mol. The van der Waals surface area contributed by atoms with Crippen LogP contribution in [0.4, 0.5) is 0 Å². The maximum atomic E-state index is 5.15. The minimum absolute atomic E-state index is 0.350. The van der Waals surface area contributed by atoms with Crippen LogP contribution < -0.4 is 5.32 Å². The molecule has 0 amide bonds. The van der Waals surface area contributed by atoms with Crippen molar-refractivity contribution < 1.29 is 4.74 Å². The molecule has 86 valence electrons. The third-order valence-corrected chi connectivity index (χ3v) is 2.65. The summed E-state index contributed by atoms with van der Waals surface area (Å²) in [7, 11) is 5.70. The fraction of sp³-hybridized carbons (Fsp3) is 0.727. The number of rotatable bonds is 6. The first-order valence-electron chi connectivity index (χ1n) is 5.33. The summed E-state index contributed by atoms with van der Waals surface area (Å²) in [5, 5.41) is 7.50. The molecule has 0 spiro atoms. The van der Waals surface area contributed by atoms with E-state index in [1.807, 2.05) is 25.0 Å². The van der Waals surface area contributed by atoms with Crippen molar-refractivity contribution in [3.8, 4) is 0 Å². The molecule has 0 aliphatic carbocycles. The predicted octanol–water partition coefficient (Wildman–Crippen LogP) is 1.35. The van der Waals surface area contributed by atoms with Gasteiger partial charge in [-0.2, -0.15) is 5.10 Å². The van der Waals surface area contributed by atoms with E-state index < -0.39 is 0 Å². The molecule has 1 N–H and O–H groups in total. The molecular formula is C11H21N3O. The number of aromatic nitrogens is 2. The normalized spacial score (nSPS) is 15.2. The van der Waals surface area contributed by atoms with Gasteiger partial charge in [-0.25, -0.2) is 0 Å². The van der Waals surface area contributed by atoms with Gasteiger partial charge in [0.25, 0.3) is 0 Å². The van der Waals surface area contributed by atoms with Crippen molar-refractivity contribution >= 4 is 0 Å². The largest absolute Gasteiger partial charge is 0.384 e. The molecule has 1 aromatic rings. The zero-order chi connectivity index (χ0) is 11.3. The number of aryl methyl sites for hydroxylation is 1. The lowest BCUT2D eigenvalue weighted by Gasteiger charge is -2.20. The Bertz CT molecular complexity index is 285. The van der Waals surface area contributed by atoms with Gasteiger partial charge in [-0.15, -0.1) is 0 Å². The smallest absolute Gasteiger partial charge is 0.0550 e. The van der Waals surface area contributed by atoms with Gasteiger partial charge in [0, 0.05) is 33.0 Å². The molecule has 0 fully saturated rings. The van der Waals surface area contributed by atoms with Crippen LogP contribution in [-0.4, -0.2) is 30.5 Å². The van der Waals surface area contributed by atoms with Crippen LogP contribution in [-0.2, 0) is 11.8 Å². The van der Waals surface area contributed by atoms with Crippen molar-refractivity contribution in [1.29, 1.82) is 0 Å². The van der Waals surface area contributed by atoms with E-state index in [1.165, 1.54) is 5.69 Å². The molecule has 2 atom stereocenters. The first-order valence-corrected chi connectivity index (χ1v) is 5.33. The Labute approximate surface area is 91.6 Å². The van der Waals surface area contributed by atoms with Crippen LogP contribution in [0.2, 0.25) is 0 Å². The molecule has 0 saturated carbocycles. The molecule has 2 unspecified atom stereocenters. The molecule has 1 heterocycles. The molecule has 4 nitrogen and oxygen atoms in total. The van der Waals surface area contributed by atoms with E-state index in [-0.39, 0.29) is 0 Å². The Morgan fingerprint density at radius 2 is 2.33 bits per heavy atom. The van der Waals surface area contributed by atoms with Crippen LogP contribution in [0.15, 0.2) is 12.3 Å². The number of methoxy groups -OCH3 is 1. The summed E-state index contributed by atoms with van der Waals surface area (Å²) in [5.74, 6) is 0.544. The maximum absolute atomic E-state index is 5.15. The Balaban J connectivity index is 2.60. The minimum Gasteiger partial charge on any atom is -0.384 e. The Kier molecular flexibility index (Phi) is 4.78. The lowest BCUT2D eigenvalue weighted by molar-refractivity contribution is 0.149. The summed E-state index contributed by atoms with van der Waals surface area (Å²) in [4.78, 5) is 0. The van der Waals surface area contributed by atoms with Crippen LogP contribution >= 0.6 is 0 Å². The molecule has 15 heavy (non-hydrogen) atoms. The van der Waals surface area contributed by atoms with E-state index in [1.54, 1.807) is 7.11 Å². The molecule has 0 aromatic carbocycles. The first kappa shape index (κ1) is 12.2.